The van der Waals surface area contributed by atoms with Crippen LogP contribution in [0.3, 0.4) is 0 Å². The Labute approximate surface area is 179 Å². The average Bonchev–Trinajstić information content (AvgIpc) is 2.68. The van der Waals surface area contributed by atoms with E-state index in [0.717, 1.165) is 0 Å². The van der Waals surface area contributed by atoms with Gasteiger partial charge < -0.3 is 10.1 Å². The van der Waals surface area contributed by atoms with E-state index in [1.54, 1.807) is 6.26 Å². The van der Waals surface area contributed by atoms with Crippen molar-refractivity contribution in [3.05, 3.63) is 41.2 Å². The number of hydrogen-bond donors (Lipinski definition) is 1. The number of benzene rings is 1. The molecule has 1 aromatic carbocycles. The lowest BCUT2D eigenvalue weighted by molar-refractivity contribution is -0.0440. The zero-order chi connectivity index (χ0) is 21.2. The number of carbonyl (C=O) groups is 1. The molecule has 1 fully saturated rings. The van der Waals surface area contributed by atoms with Crippen LogP contribution in [0, 0.1) is 0 Å². The van der Waals surface area contributed by atoms with Gasteiger partial charge in [0, 0.05) is 18.8 Å². The van der Waals surface area contributed by atoms with Crippen molar-refractivity contribution in [2.75, 3.05) is 24.7 Å². The number of nitrogens with zero attached hydrogens (tertiary/aromatic N) is 3. The summed E-state index contributed by atoms with van der Waals surface area (Å²) in [5.41, 5.74) is 0.483. The summed E-state index contributed by atoms with van der Waals surface area (Å²) in [4.78, 5) is 20.7. The zero-order valence-corrected chi connectivity index (χ0v) is 18.5. The van der Waals surface area contributed by atoms with Gasteiger partial charge in [-0.2, -0.15) is 4.31 Å². The predicted molar refractivity (Wildman–Crippen MR) is 112 cm³/mol. The number of sulfonamides is 1. The first-order valence-electron chi connectivity index (χ1n) is 8.84. The first-order valence-corrected chi connectivity index (χ1v) is 11.9. The van der Waals surface area contributed by atoms with Gasteiger partial charge in [0.2, 0.25) is 10.0 Å². The van der Waals surface area contributed by atoms with Crippen LogP contribution in [0.25, 0.3) is 0 Å². The summed E-state index contributed by atoms with van der Waals surface area (Å²) in [7, 11) is -3.64. The molecule has 1 aliphatic rings. The first-order chi connectivity index (χ1) is 13.7. The van der Waals surface area contributed by atoms with Gasteiger partial charge >= 0.3 is 0 Å². The molecule has 0 radical (unpaired) electrons. The van der Waals surface area contributed by atoms with E-state index in [9.17, 15) is 13.2 Å². The minimum absolute atomic E-state index is 0.0546. The van der Waals surface area contributed by atoms with Gasteiger partial charge in [0.25, 0.3) is 5.91 Å². The van der Waals surface area contributed by atoms with E-state index in [2.05, 4.69) is 15.3 Å². The van der Waals surface area contributed by atoms with Crippen molar-refractivity contribution >= 4 is 45.0 Å². The van der Waals surface area contributed by atoms with Crippen molar-refractivity contribution in [1.29, 1.82) is 0 Å². The molecule has 0 unspecified atom stereocenters. The fourth-order valence-corrected chi connectivity index (χ4v) is 5.09. The number of anilines is 1. The average molecular weight is 457 g/mol. The number of carbonyl (C=O) groups excluding carboxylic acids is 1. The largest absolute Gasteiger partial charge is 0.373 e. The summed E-state index contributed by atoms with van der Waals surface area (Å²) < 4.78 is 32.8. The Morgan fingerprint density at radius 2 is 1.86 bits per heavy atom. The van der Waals surface area contributed by atoms with Gasteiger partial charge in [-0.15, -0.1) is 0 Å². The predicted octanol–water partition coefficient (Wildman–Crippen LogP) is 2.90. The van der Waals surface area contributed by atoms with Crippen LogP contribution in [0.5, 0.6) is 0 Å². The summed E-state index contributed by atoms with van der Waals surface area (Å²) in [6.45, 7) is 4.29. The zero-order valence-electron chi connectivity index (χ0n) is 16.1. The van der Waals surface area contributed by atoms with Crippen LogP contribution in [0.4, 0.5) is 5.69 Å². The highest BCUT2D eigenvalue weighted by Crippen LogP contribution is 2.23. The SMILES string of the molecule is CSc1ncc(Cl)c(C(=O)Nc2ccc(S(=O)(=O)N3C[C@@H](C)O[C@H](C)C3)cc2)n1. The van der Waals surface area contributed by atoms with Crippen molar-refractivity contribution in [3.63, 3.8) is 0 Å². The Kier molecular flexibility index (Phi) is 6.79. The summed E-state index contributed by atoms with van der Waals surface area (Å²) >= 11 is 7.31. The third-order valence-electron chi connectivity index (χ3n) is 4.26. The van der Waals surface area contributed by atoms with E-state index >= 15 is 0 Å². The minimum Gasteiger partial charge on any atom is -0.373 e. The number of hydrogen-bond acceptors (Lipinski definition) is 7. The summed E-state index contributed by atoms with van der Waals surface area (Å²) in [6, 6.07) is 5.99. The van der Waals surface area contributed by atoms with Gasteiger partial charge in [-0.05, 0) is 44.4 Å². The molecule has 0 saturated carbocycles. The molecule has 1 N–H and O–H groups in total. The van der Waals surface area contributed by atoms with E-state index in [1.807, 2.05) is 13.8 Å². The van der Waals surface area contributed by atoms with Crippen LogP contribution in [0.1, 0.15) is 24.3 Å². The van der Waals surface area contributed by atoms with Gasteiger partial charge in [-0.25, -0.2) is 18.4 Å². The van der Waals surface area contributed by atoms with Crippen molar-refractivity contribution in [1.82, 2.24) is 14.3 Å². The molecule has 1 aliphatic heterocycles. The molecule has 156 valence electrons. The highest BCUT2D eigenvalue weighted by Gasteiger charge is 2.32. The maximum Gasteiger partial charge on any atom is 0.275 e. The first kappa shape index (κ1) is 22.0. The molecule has 0 aliphatic carbocycles. The Bertz CT molecular complexity index is 991. The molecular weight excluding hydrogens is 436 g/mol. The lowest BCUT2D eigenvalue weighted by Gasteiger charge is -2.34. The molecule has 0 bridgehead atoms. The number of amides is 1. The number of thioether (sulfide) groups is 1. The molecule has 1 amide bonds. The molecule has 2 atom stereocenters. The second kappa shape index (κ2) is 8.97. The third-order valence-corrected chi connectivity index (χ3v) is 6.94. The van der Waals surface area contributed by atoms with Crippen molar-refractivity contribution in [3.8, 4) is 0 Å². The van der Waals surface area contributed by atoms with Crippen LogP contribution < -0.4 is 5.32 Å². The molecule has 11 heteroatoms. The summed E-state index contributed by atoms with van der Waals surface area (Å²) in [5, 5.41) is 3.23. The molecule has 2 aromatic rings. The fourth-order valence-electron chi connectivity index (χ4n) is 2.99. The number of ether oxygens (including phenoxy) is 1. The van der Waals surface area contributed by atoms with Crippen molar-refractivity contribution in [2.24, 2.45) is 0 Å². The third kappa shape index (κ3) is 5.07. The number of halogens is 1. The molecule has 1 aromatic heterocycles. The summed E-state index contributed by atoms with van der Waals surface area (Å²) in [6.07, 6.45) is 2.82. The van der Waals surface area contributed by atoms with E-state index in [-0.39, 0.29) is 27.8 Å². The second-order valence-corrected chi connectivity index (χ2v) is 9.73. The molecule has 8 nitrogen and oxygen atoms in total. The number of nitrogens with one attached hydrogen (secondary N) is 1. The van der Waals surface area contributed by atoms with E-state index in [4.69, 9.17) is 16.3 Å². The highest BCUT2D eigenvalue weighted by molar-refractivity contribution is 7.98. The van der Waals surface area contributed by atoms with Gasteiger partial charge in [-0.3, -0.25) is 4.79 Å². The van der Waals surface area contributed by atoms with E-state index in [0.29, 0.717) is 23.9 Å². The number of rotatable bonds is 5. The summed E-state index contributed by atoms with van der Waals surface area (Å²) in [5.74, 6) is -0.501. The Hall–Kier alpha value is -1.72. The van der Waals surface area contributed by atoms with Gasteiger partial charge in [0.15, 0.2) is 10.9 Å². The molecule has 0 spiro atoms. The number of morpholine rings is 1. The van der Waals surface area contributed by atoms with Crippen LogP contribution in [-0.2, 0) is 14.8 Å². The maximum absolute atomic E-state index is 12.9. The fraction of sp³-hybridized carbons (Fsp3) is 0.389. The van der Waals surface area contributed by atoms with E-state index in [1.165, 1.54) is 46.5 Å². The Morgan fingerprint density at radius 1 is 1.24 bits per heavy atom. The number of aromatic nitrogens is 2. The maximum atomic E-state index is 12.9. The Balaban J connectivity index is 1.76. The van der Waals surface area contributed by atoms with Crippen LogP contribution in [0.2, 0.25) is 5.02 Å². The van der Waals surface area contributed by atoms with Crippen LogP contribution in [0.15, 0.2) is 40.5 Å². The molecule has 1 saturated heterocycles. The normalized spacial score (nSPS) is 20.4. The van der Waals surface area contributed by atoms with Gasteiger partial charge in [0.05, 0.1) is 28.3 Å². The monoisotopic (exact) mass is 456 g/mol. The standard InChI is InChI=1S/C18H21ClN4O4S2/c1-11-9-23(10-12(2)27-11)29(25,26)14-6-4-13(5-7-14)21-17(24)16-15(19)8-20-18(22-16)28-3/h4-8,11-12H,9-10H2,1-3H3,(H,21,24)/t11-,12-/m1/s1. The van der Waals surface area contributed by atoms with Crippen molar-refractivity contribution in [2.45, 2.75) is 36.1 Å². The van der Waals surface area contributed by atoms with Crippen LogP contribution >= 0.6 is 23.4 Å². The molecule has 29 heavy (non-hydrogen) atoms. The molecule has 2 heterocycles. The van der Waals surface area contributed by atoms with Gasteiger partial charge in [-0.1, -0.05) is 23.4 Å². The van der Waals surface area contributed by atoms with E-state index < -0.39 is 15.9 Å². The quantitative estimate of drug-likeness (QED) is 0.545. The topological polar surface area (TPSA) is 101 Å². The second-order valence-electron chi connectivity index (χ2n) is 6.61. The lowest BCUT2D eigenvalue weighted by Crippen LogP contribution is -2.48. The smallest absolute Gasteiger partial charge is 0.275 e. The lowest BCUT2D eigenvalue weighted by atomic mass is 10.3. The minimum atomic E-state index is -3.64. The Morgan fingerprint density at radius 3 is 2.45 bits per heavy atom. The molecule has 3 rings (SSSR count). The highest BCUT2D eigenvalue weighted by atomic mass is 35.5. The van der Waals surface area contributed by atoms with Crippen LogP contribution in [-0.4, -0.2) is 60.2 Å². The molecular formula is C18H21ClN4O4S2. The van der Waals surface area contributed by atoms with Gasteiger partial charge in [0.1, 0.15) is 0 Å². The van der Waals surface area contributed by atoms with Crippen molar-refractivity contribution < 1.29 is 17.9 Å².